The molecule has 0 spiro atoms. The summed E-state index contributed by atoms with van der Waals surface area (Å²) in [5.41, 5.74) is 1.58. The molecule has 0 unspecified atom stereocenters. The number of carbonyl (C=O) groups is 1. The van der Waals surface area contributed by atoms with E-state index >= 15 is 0 Å². The zero-order valence-corrected chi connectivity index (χ0v) is 11.0. The molecule has 0 saturated carbocycles. The summed E-state index contributed by atoms with van der Waals surface area (Å²) >= 11 is 12.1. The van der Waals surface area contributed by atoms with E-state index in [2.05, 4.69) is 4.98 Å². The van der Waals surface area contributed by atoms with Gasteiger partial charge in [-0.15, -0.1) is 0 Å². The first kappa shape index (κ1) is 12.9. The van der Waals surface area contributed by atoms with Crippen molar-refractivity contribution < 1.29 is 9.90 Å². The van der Waals surface area contributed by atoms with Crippen molar-refractivity contribution in [1.29, 1.82) is 0 Å². The molecule has 92 valence electrons. The number of rotatable bonds is 2. The highest BCUT2D eigenvalue weighted by atomic mass is 35.5. The number of nitrogens with zero attached hydrogens (tertiary/aromatic N) is 1. The van der Waals surface area contributed by atoms with Crippen LogP contribution in [0.15, 0.2) is 30.5 Å². The average Bonchev–Trinajstić information content (AvgIpc) is 2.30. The van der Waals surface area contributed by atoms with Crippen molar-refractivity contribution in [2.45, 2.75) is 6.92 Å². The number of hydrogen-bond donors (Lipinski definition) is 1. The second-order valence-electron chi connectivity index (χ2n) is 3.81. The Labute approximate surface area is 114 Å². The summed E-state index contributed by atoms with van der Waals surface area (Å²) in [5, 5.41) is 9.96. The van der Waals surface area contributed by atoms with Crippen LogP contribution in [0.4, 0.5) is 0 Å². The van der Waals surface area contributed by atoms with Crippen molar-refractivity contribution in [2.24, 2.45) is 0 Å². The third-order valence-corrected chi connectivity index (χ3v) is 3.08. The van der Waals surface area contributed by atoms with Gasteiger partial charge in [-0.3, -0.25) is 4.98 Å². The maximum Gasteiger partial charge on any atom is 0.337 e. The van der Waals surface area contributed by atoms with Crippen molar-refractivity contribution in [3.05, 3.63) is 51.6 Å². The van der Waals surface area contributed by atoms with Gasteiger partial charge in [0.15, 0.2) is 0 Å². The number of benzene rings is 1. The Morgan fingerprint density at radius 3 is 2.44 bits per heavy atom. The summed E-state index contributed by atoms with van der Waals surface area (Å²) in [6, 6.07) is 6.54. The quantitative estimate of drug-likeness (QED) is 0.903. The van der Waals surface area contributed by atoms with Gasteiger partial charge >= 0.3 is 5.97 Å². The first-order valence-electron chi connectivity index (χ1n) is 5.15. The van der Waals surface area contributed by atoms with Crippen LogP contribution < -0.4 is 0 Å². The summed E-state index contributed by atoms with van der Waals surface area (Å²) in [4.78, 5) is 15.4. The van der Waals surface area contributed by atoms with Gasteiger partial charge in [-0.05, 0) is 30.7 Å². The van der Waals surface area contributed by atoms with Crippen LogP contribution in [0, 0.1) is 6.92 Å². The third-order valence-electron chi connectivity index (χ3n) is 2.45. The molecule has 0 atom stereocenters. The lowest BCUT2D eigenvalue weighted by Crippen LogP contribution is -2.03. The standard InChI is InChI=1S/C13H9Cl2NO2/c1-7-5-8(13(17)18)12(16-6-7)11-9(14)3-2-4-10(11)15/h2-6H,1H3,(H,17,18). The van der Waals surface area contributed by atoms with E-state index in [9.17, 15) is 9.90 Å². The lowest BCUT2D eigenvalue weighted by molar-refractivity contribution is 0.0697. The zero-order chi connectivity index (χ0) is 13.3. The molecule has 0 fully saturated rings. The van der Waals surface area contributed by atoms with E-state index in [0.717, 1.165) is 5.56 Å². The summed E-state index contributed by atoms with van der Waals surface area (Å²) in [7, 11) is 0. The maximum absolute atomic E-state index is 11.2. The SMILES string of the molecule is Cc1cnc(-c2c(Cl)cccc2Cl)c(C(=O)O)c1. The number of aromatic nitrogens is 1. The number of aromatic carboxylic acids is 1. The second kappa shape index (κ2) is 4.96. The fraction of sp³-hybridized carbons (Fsp3) is 0.0769. The molecular formula is C13H9Cl2NO2. The minimum Gasteiger partial charge on any atom is -0.478 e. The van der Waals surface area contributed by atoms with E-state index in [1.807, 2.05) is 0 Å². The number of carboxylic acids is 1. The fourth-order valence-electron chi connectivity index (χ4n) is 1.66. The molecule has 0 aliphatic heterocycles. The largest absolute Gasteiger partial charge is 0.478 e. The van der Waals surface area contributed by atoms with Gasteiger partial charge in [-0.1, -0.05) is 29.3 Å². The van der Waals surface area contributed by atoms with Gasteiger partial charge in [0.05, 0.1) is 21.3 Å². The Morgan fingerprint density at radius 1 is 1.28 bits per heavy atom. The molecule has 0 aliphatic carbocycles. The van der Waals surface area contributed by atoms with Crippen LogP contribution in [0.5, 0.6) is 0 Å². The lowest BCUT2D eigenvalue weighted by atomic mass is 10.0. The highest BCUT2D eigenvalue weighted by Crippen LogP contribution is 2.35. The molecule has 3 nitrogen and oxygen atoms in total. The topological polar surface area (TPSA) is 50.2 Å². The molecular weight excluding hydrogens is 273 g/mol. The third kappa shape index (κ3) is 2.33. The van der Waals surface area contributed by atoms with Gasteiger partial charge in [-0.25, -0.2) is 4.79 Å². The molecule has 0 aliphatic rings. The molecule has 5 heteroatoms. The van der Waals surface area contributed by atoms with E-state index in [1.165, 1.54) is 0 Å². The van der Waals surface area contributed by atoms with Crippen LogP contribution in [0.25, 0.3) is 11.3 Å². The predicted octanol–water partition coefficient (Wildman–Crippen LogP) is 4.06. The highest BCUT2D eigenvalue weighted by molar-refractivity contribution is 6.39. The van der Waals surface area contributed by atoms with Crippen LogP contribution >= 0.6 is 23.2 Å². The van der Waals surface area contributed by atoms with E-state index < -0.39 is 5.97 Å². The van der Waals surface area contributed by atoms with Crippen LogP contribution in [-0.2, 0) is 0 Å². The van der Waals surface area contributed by atoms with E-state index in [1.54, 1.807) is 37.4 Å². The van der Waals surface area contributed by atoms with E-state index in [-0.39, 0.29) is 11.3 Å². The molecule has 1 N–H and O–H groups in total. The number of aryl methyl sites for hydroxylation is 1. The normalized spacial score (nSPS) is 10.4. The van der Waals surface area contributed by atoms with Crippen molar-refractivity contribution in [3.8, 4) is 11.3 Å². The first-order chi connectivity index (χ1) is 8.50. The number of carboxylic acid groups (broad SMARTS) is 1. The Bertz CT molecular complexity index is 606. The van der Waals surface area contributed by atoms with E-state index in [4.69, 9.17) is 23.2 Å². The number of halogens is 2. The zero-order valence-electron chi connectivity index (χ0n) is 9.45. The molecule has 0 amide bonds. The van der Waals surface area contributed by atoms with Gasteiger partial charge in [-0.2, -0.15) is 0 Å². The molecule has 2 aromatic rings. The Hall–Kier alpha value is -1.58. The van der Waals surface area contributed by atoms with Crippen molar-refractivity contribution in [3.63, 3.8) is 0 Å². The van der Waals surface area contributed by atoms with Gasteiger partial charge in [0.2, 0.25) is 0 Å². The van der Waals surface area contributed by atoms with Gasteiger partial charge in [0, 0.05) is 11.8 Å². The Kier molecular flexibility index (Phi) is 3.55. The number of pyridine rings is 1. The highest BCUT2D eigenvalue weighted by Gasteiger charge is 2.18. The Morgan fingerprint density at radius 2 is 1.89 bits per heavy atom. The minimum absolute atomic E-state index is 0.0880. The van der Waals surface area contributed by atoms with Crippen LogP contribution in [-0.4, -0.2) is 16.1 Å². The van der Waals surface area contributed by atoms with Crippen LogP contribution in [0.1, 0.15) is 15.9 Å². The number of hydrogen-bond acceptors (Lipinski definition) is 2. The maximum atomic E-state index is 11.2. The van der Waals surface area contributed by atoms with Crippen molar-refractivity contribution in [1.82, 2.24) is 4.98 Å². The van der Waals surface area contributed by atoms with Crippen molar-refractivity contribution in [2.75, 3.05) is 0 Å². The summed E-state index contributed by atoms with van der Waals surface area (Å²) in [5.74, 6) is -1.06. The molecule has 1 aromatic carbocycles. The molecule has 0 bridgehead atoms. The molecule has 1 aromatic heterocycles. The van der Waals surface area contributed by atoms with Gasteiger partial charge in [0.1, 0.15) is 0 Å². The second-order valence-corrected chi connectivity index (χ2v) is 4.63. The summed E-state index contributed by atoms with van der Waals surface area (Å²) < 4.78 is 0. The molecule has 2 rings (SSSR count). The minimum atomic E-state index is -1.06. The summed E-state index contributed by atoms with van der Waals surface area (Å²) in [6.07, 6.45) is 1.58. The molecule has 1 heterocycles. The molecule has 18 heavy (non-hydrogen) atoms. The smallest absolute Gasteiger partial charge is 0.337 e. The van der Waals surface area contributed by atoms with Gasteiger partial charge < -0.3 is 5.11 Å². The molecule has 0 radical (unpaired) electrons. The summed E-state index contributed by atoms with van der Waals surface area (Å²) in [6.45, 7) is 1.78. The van der Waals surface area contributed by atoms with Crippen LogP contribution in [0.2, 0.25) is 10.0 Å². The fourth-order valence-corrected chi connectivity index (χ4v) is 2.23. The Balaban J connectivity index is 2.75. The average molecular weight is 282 g/mol. The van der Waals surface area contributed by atoms with Gasteiger partial charge in [0.25, 0.3) is 0 Å². The molecule has 0 saturated heterocycles. The van der Waals surface area contributed by atoms with E-state index in [0.29, 0.717) is 15.6 Å². The first-order valence-corrected chi connectivity index (χ1v) is 5.90. The van der Waals surface area contributed by atoms with Crippen LogP contribution in [0.3, 0.4) is 0 Å². The van der Waals surface area contributed by atoms with Crippen molar-refractivity contribution >= 4 is 29.2 Å². The lowest BCUT2D eigenvalue weighted by Gasteiger charge is -2.09. The predicted molar refractivity (Wildman–Crippen MR) is 71.4 cm³/mol. The monoisotopic (exact) mass is 281 g/mol.